The van der Waals surface area contributed by atoms with Crippen LogP contribution in [0.15, 0.2) is 35.8 Å². The molecule has 0 aliphatic carbocycles. The van der Waals surface area contributed by atoms with Crippen LogP contribution in [0, 0.1) is 5.82 Å². The molecule has 154 valence electrons. The van der Waals surface area contributed by atoms with E-state index in [1.807, 2.05) is 10.1 Å². The molecule has 0 aliphatic heterocycles. The van der Waals surface area contributed by atoms with Gasteiger partial charge in [-0.15, -0.1) is 11.3 Å². The van der Waals surface area contributed by atoms with Crippen LogP contribution in [0.2, 0.25) is 0 Å². The smallest absolute Gasteiger partial charge is 0.226 e. The lowest BCUT2D eigenvalue weighted by molar-refractivity contribution is -0.120. The zero-order valence-electron chi connectivity index (χ0n) is 17.0. The van der Waals surface area contributed by atoms with Crippen molar-refractivity contribution in [2.24, 2.45) is 0 Å². The van der Waals surface area contributed by atoms with E-state index in [0.717, 1.165) is 21.8 Å². The van der Waals surface area contributed by atoms with Gasteiger partial charge < -0.3 is 10.1 Å². The highest BCUT2D eigenvalue weighted by Gasteiger charge is 2.24. The fourth-order valence-corrected chi connectivity index (χ4v) is 3.76. The molecular weight excluding hydrogens is 391 g/mol. The van der Waals surface area contributed by atoms with Crippen LogP contribution < -0.4 is 5.32 Å². The summed E-state index contributed by atoms with van der Waals surface area (Å²) >= 11 is 1.47. The van der Waals surface area contributed by atoms with Crippen LogP contribution in [0.25, 0.3) is 21.8 Å². The van der Waals surface area contributed by atoms with Crippen molar-refractivity contribution in [3.63, 3.8) is 0 Å². The van der Waals surface area contributed by atoms with Crippen molar-refractivity contribution in [3.8, 4) is 21.8 Å². The third kappa shape index (κ3) is 5.07. The fourth-order valence-electron chi connectivity index (χ4n) is 2.93. The maximum Gasteiger partial charge on any atom is 0.226 e. The fraction of sp³-hybridized carbons (Fsp3) is 0.381. The van der Waals surface area contributed by atoms with E-state index in [1.165, 1.54) is 23.5 Å². The number of nitrogens with zero attached hydrogens (tertiary/aromatic N) is 3. The minimum Gasteiger partial charge on any atom is -0.383 e. The van der Waals surface area contributed by atoms with Gasteiger partial charge in [0, 0.05) is 24.6 Å². The Kier molecular flexibility index (Phi) is 6.44. The van der Waals surface area contributed by atoms with E-state index in [0.29, 0.717) is 18.8 Å². The largest absolute Gasteiger partial charge is 0.383 e. The molecule has 1 aromatic carbocycles. The lowest BCUT2D eigenvalue weighted by Gasteiger charge is -2.23. The predicted octanol–water partition coefficient (Wildman–Crippen LogP) is 3.87. The van der Waals surface area contributed by atoms with E-state index in [4.69, 9.17) is 4.74 Å². The average Bonchev–Trinajstić information content (AvgIpc) is 3.29. The molecule has 0 atom stereocenters. The van der Waals surface area contributed by atoms with Gasteiger partial charge in [-0.2, -0.15) is 5.10 Å². The number of benzene rings is 1. The molecule has 3 rings (SSSR count). The topological polar surface area (TPSA) is 69.0 Å². The van der Waals surface area contributed by atoms with Gasteiger partial charge in [-0.25, -0.2) is 9.37 Å². The van der Waals surface area contributed by atoms with Crippen molar-refractivity contribution >= 4 is 17.2 Å². The summed E-state index contributed by atoms with van der Waals surface area (Å²) in [6.07, 6.45) is 1.99. The van der Waals surface area contributed by atoms with E-state index in [1.54, 1.807) is 25.4 Å². The van der Waals surface area contributed by atoms with Crippen LogP contribution in [0.5, 0.6) is 0 Å². The second-order valence-electron chi connectivity index (χ2n) is 7.66. The van der Waals surface area contributed by atoms with Gasteiger partial charge in [0.2, 0.25) is 5.91 Å². The van der Waals surface area contributed by atoms with Crippen molar-refractivity contribution in [3.05, 3.63) is 47.4 Å². The summed E-state index contributed by atoms with van der Waals surface area (Å²) in [7, 11) is 1.59. The van der Waals surface area contributed by atoms with Crippen LogP contribution in [0.4, 0.5) is 4.39 Å². The van der Waals surface area contributed by atoms with Crippen LogP contribution >= 0.6 is 11.3 Å². The van der Waals surface area contributed by atoms with Gasteiger partial charge >= 0.3 is 0 Å². The van der Waals surface area contributed by atoms with Gasteiger partial charge in [-0.3, -0.25) is 9.48 Å². The van der Waals surface area contributed by atoms with Crippen LogP contribution in [-0.4, -0.2) is 40.9 Å². The Labute approximate surface area is 173 Å². The molecule has 2 aromatic heterocycles. The molecule has 0 unspecified atom stereocenters. The zero-order valence-corrected chi connectivity index (χ0v) is 17.8. The Morgan fingerprint density at radius 1 is 1.28 bits per heavy atom. The molecule has 0 radical (unpaired) electrons. The Morgan fingerprint density at radius 2 is 2.00 bits per heavy atom. The Morgan fingerprint density at radius 3 is 2.66 bits per heavy atom. The number of amides is 1. The molecule has 1 N–H and O–H groups in total. The summed E-state index contributed by atoms with van der Waals surface area (Å²) in [5.74, 6) is -0.379. The third-order valence-corrected chi connectivity index (χ3v) is 5.20. The van der Waals surface area contributed by atoms with E-state index in [-0.39, 0.29) is 23.7 Å². The number of nitrogens with one attached hydrogen (secondary N) is 1. The summed E-state index contributed by atoms with van der Waals surface area (Å²) < 4.78 is 20.3. The van der Waals surface area contributed by atoms with Crippen molar-refractivity contribution in [2.45, 2.75) is 32.7 Å². The van der Waals surface area contributed by atoms with Crippen molar-refractivity contribution < 1.29 is 13.9 Å². The molecule has 0 saturated heterocycles. The number of hydrogen-bond acceptors (Lipinski definition) is 5. The second kappa shape index (κ2) is 8.84. The normalized spacial score (nSPS) is 11.6. The second-order valence-corrected chi connectivity index (χ2v) is 8.52. The highest BCUT2D eigenvalue weighted by Crippen LogP contribution is 2.36. The highest BCUT2D eigenvalue weighted by molar-refractivity contribution is 7.13. The molecular formula is C21H25FN4O2S. The molecule has 0 saturated carbocycles. The Balaban J connectivity index is 1.91. The van der Waals surface area contributed by atoms with Gasteiger partial charge in [0.1, 0.15) is 10.8 Å². The lowest BCUT2D eigenvalue weighted by Crippen LogP contribution is -2.28. The number of carbonyl (C=O) groups excluding carboxylic acids is 1. The monoisotopic (exact) mass is 416 g/mol. The standard InChI is InChI=1S/C21H25FN4O2S/c1-21(2,3)26-19(14-5-7-15(22)8-6-14)17(12-24-26)20-25-16(13-29-20)11-18(27)23-9-10-28-4/h5-8,12-13H,9-11H2,1-4H3,(H,23,27). The summed E-state index contributed by atoms with van der Waals surface area (Å²) in [5, 5.41) is 10.0. The number of aromatic nitrogens is 3. The number of carbonyl (C=O) groups is 1. The first kappa shape index (κ1) is 21.1. The van der Waals surface area contributed by atoms with Gasteiger partial charge in [0.25, 0.3) is 0 Å². The summed E-state index contributed by atoms with van der Waals surface area (Å²) in [4.78, 5) is 16.7. The Hall–Kier alpha value is -2.58. The highest BCUT2D eigenvalue weighted by atomic mass is 32.1. The van der Waals surface area contributed by atoms with E-state index in [9.17, 15) is 9.18 Å². The average molecular weight is 417 g/mol. The molecule has 0 spiro atoms. The lowest BCUT2D eigenvalue weighted by atomic mass is 10.0. The van der Waals surface area contributed by atoms with Crippen molar-refractivity contribution in [2.75, 3.05) is 20.3 Å². The first-order valence-electron chi connectivity index (χ1n) is 9.34. The maximum atomic E-state index is 13.4. The first-order chi connectivity index (χ1) is 13.8. The van der Waals surface area contributed by atoms with Crippen LogP contribution in [-0.2, 0) is 21.5 Å². The molecule has 0 fully saturated rings. The van der Waals surface area contributed by atoms with Crippen LogP contribution in [0.3, 0.4) is 0 Å². The van der Waals surface area contributed by atoms with Crippen molar-refractivity contribution in [1.29, 1.82) is 0 Å². The van der Waals surface area contributed by atoms with Gasteiger partial charge in [0.15, 0.2) is 0 Å². The zero-order chi connectivity index (χ0) is 21.0. The number of thiazole rings is 1. The molecule has 2 heterocycles. The molecule has 8 heteroatoms. The first-order valence-corrected chi connectivity index (χ1v) is 10.2. The quantitative estimate of drug-likeness (QED) is 0.594. The van der Waals surface area contributed by atoms with Gasteiger partial charge in [-0.1, -0.05) is 0 Å². The van der Waals surface area contributed by atoms with Crippen LogP contribution in [0.1, 0.15) is 26.5 Å². The SMILES string of the molecule is COCCNC(=O)Cc1csc(-c2cnn(C(C)(C)C)c2-c2ccc(F)cc2)n1. The Bertz CT molecular complexity index is 973. The maximum absolute atomic E-state index is 13.4. The van der Waals surface area contributed by atoms with Gasteiger partial charge in [-0.05, 0) is 45.0 Å². The molecule has 0 bridgehead atoms. The molecule has 0 aliphatic rings. The number of rotatable bonds is 7. The van der Waals surface area contributed by atoms with E-state index in [2.05, 4.69) is 36.2 Å². The molecule has 29 heavy (non-hydrogen) atoms. The number of halogens is 1. The molecule has 6 nitrogen and oxygen atoms in total. The van der Waals surface area contributed by atoms with E-state index >= 15 is 0 Å². The predicted molar refractivity (Wildman–Crippen MR) is 112 cm³/mol. The molecule has 3 aromatic rings. The summed E-state index contributed by atoms with van der Waals surface area (Å²) in [6, 6.07) is 6.37. The number of hydrogen-bond donors (Lipinski definition) is 1. The molecule has 1 amide bonds. The minimum atomic E-state index is -0.284. The summed E-state index contributed by atoms with van der Waals surface area (Å²) in [5.41, 5.74) is 3.05. The number of methoxy groups -OCH3 is 1. The minimum absolute atomic E-state index is 0.0944. The third-order valence-electron chi connectivity index (χ3n) is 4.27. The summed E-state index contributed by atoms with van der Waals surface area (Å²) in [6.45, 7) is 7.14. The number of ether oxygens (including phenoxy) is 1. The van der Waals surface area contributed by atoms with Gasteiger partial charge in [0.05, 0.1) is 41.7 Å². The van der Waals surface area contributed by atoms with Crippen molar-refractivity contribution in [1.82, 2.24) is 20.1 Å². The van der Waals surface area contributed by atoms with E-state index < -0.39 is 0 Å².